The minimum absolute atomic E-state index is 0.275. The highest BCUT2D eigenvalue weighted by Crippen LogP contribution is 2.39. The molecular formula is C45H29FN4. The fourth-order valence-corrected chi connectivity index (χ4v) is 6.71. The lowest BCUT2D eigenvalue weighted by Crippen LogP contribution is -2.02. The third-order valence-corrected chi connectivity index (χ3v) is 9.13. The van der Waals surface area contributed by atoms with E-state index in [2.05, 4.69) is 83.4 Å². The highest BCUT2D eigenvalue weighted by atomic mass is 19.1. The largest absolute Gasteiger partial charge is 0.309 e. The molecule has 0 amide bonds. The maximum absolute atomic E-state index is 14.2. The van der Waals surface area contributed by atoms with E-state index in [-0.39, 0.29) is 5.82 Å². The highest BCUT2D eigenvalue weighted by Gasteiger charge is 2.19. The van der Waals surface area contributed by atoms with Gasteiger partial charge in [0, 0.05) is 33.0 Å². The van der Waals surface area contributed by atoms with Gasteiger partial charge >= 0.3 is 0 Å². The van der Waals surface area contributed by atoms with Gasteiger partial charge in [-0.15, -0.1) is 0 Å². The van der Waals surface area contributed by atoms with Gasteiger partial charge in [0.2, 0.25) is 0 Å². The van der Waals surface area contributed by atoms with Crippen molar-refractivity contribution in [2.75, 3.05) is 0 Å². The van der Waals surface area contributed by atoms with Gasteiger partial charge in [-0.05, 0) is 47.0 Å². The van der Waals surface area contributed by atoms with Crippen molar-refractivity contribution < 1.29 is 4.39 Å². The van der Waals surface area contributed by atoms with Crippen LogP contribution in [-0.2, 0) is 0 Å². The van der Waals surface area contributed by atoms with E-state index < -0.39 is 0 Å². The summed E-state index contributed by atoms with van der Waals surface area (Å²) in [6.07, 6.45) is 0. The predicted molar refractivity (Wildman–Crippen MR) is 201 cm³/mol. The Bertz CT molecular complexity index is 2570. The second kappa shape index (κ2) is 12.4. The molecule has 0 radical (unpaired) electrons. The van der Waals surface area contributed by atoms with Crippen LogP contribution in [-0.4, -0.2) is 19.5 Å². The van der Waals surface area contributed by atoms with Crippen molar-refractivity contribution in [1.82, 2.24) is 19.5 Å². The summed E-state index contributed by atoms with van der Waals surface area (Å²) in [5.41, 5.74) is 9.87. The number of benzene rings is 7. The van der Waals surface area contributed by atoms with E-state index in [4.69, 9.17) is 15.0 Å². The van der Waals surface area contributed by atoms with Gasteiger partial charge in [-0.2, -0.15) is 0 Å². The van der Waals surface area contributed by atoms with E-state index in [0.29, 0.717) is 17.5 Å². The Hall–Kier alpha value is -6.72. The smallest absolute Gasteiger partial charge is 0.164 e. The minimum Gasteiger partial charge on any atom is -0.309 e. The van der Waals surface area contributed by atoms with Crippen LogP contribution in [0.5, 0.6) is 0 Å². The summed E-state index contributed by atoms with van der Waals surface area (Å²) < 4.78 is 16.5. The molecule has 7 aromatic carbocycles. The molecule has 0 aliphatic carbocycles. The zero-order valence-electron chi connectivity index (χ0n) is 26.9. The molecule has 2 heterocycles. The maximum atomic E-state index is 14.2. The molecule has 9 rings (SSSR count). The van der Waals surface area contributed by atoms with Crippen LogP contribution in [0.15, 0.2) is 176 Å². The Morgan fingerprint density at radius 2 is 0.860 bits per heavy atom. The van der Waals surface area contributed by atoms with Crippen molar-refractivity contribution >= 4 is 21.8 Å². The number of halogens is 1. The molecule has 2 aromatic heterocycles. The van der Waals surface area contributed by atoms with Crippen molar-refractivity contribution in [2.24, 2.45) is 0 Å². The van der Waals surface area contributed by atoms with Gasteiger partial charge in [0.25, 0.3) is 0 Å². The average Bonchev–Trinajstić information content (AvgIpc) is 3.52. The summed E-state index contributed by atoms with van der Waals surface area (Å²) in [6.45, 7) is 0. The lowest BCUT2D eigenvalue weighted by molar-refractivity contribution is 0.628. The van der Waals surface area contributed by atoms with Crippen LogP contribution < -0.4 is 0 Å². The summed E-state index contributed by atoms with van der Waals surface area (Å²) in [5.74, 6) is 1.49. The lowest BCUT2D eigenvalue weighted by atomic mass is 10.00. The van der Waals surface area contributed by atoms with Crippen molar-refractivity contribution in [1.29, 1.82) is 0 Å². The first-order valence-corrected chi connectivity index (χ1v) is 16.6. The summed E-state index contributed by atoms with van der Waals surface area (Å²) >= 11 is 0. The first kappa shape index (κ1) is 29.4. The molecule has 0 N–H and O–H groups in total. The molecule has 0 fully saturated rings. The third kappa shape index (κ3) is 5.31. The van der Waals surface area contributed by atoms with Gasteiger partial charge in [-0.3, -0.25) is 0 Å². The van der Waals surface area contributed by atoms with E-state index in [0.717, 1.165) is 66.4 Å². The first-order chi connectivity index (χ1) is 24.7. The van der Waals surface area contributed by atoms with E-state index in [1.807, 2.05) is 84.9 Å². The van der Waals surface area contributed by atoms with Gasteiger partial charge in [0.1, 0.15) is 5.82 Å². The van der Waals surface area contributed by atoms with Crippen molar-refractivity contribution in [3.63, 3.8) is 0 Å². The Morgan fingerprint density at radius 1 is 0.360 bits per heavy atom. The van der Waals surface area contributed by atoms with Crippen LogP contribution >= 0.6 is 0 Å². The van der Waals surface area contributed by atoms with E-state index in [1.54, 1.807) is 0 Å². The van der Waals surface area contributed by atoms with Crippen LogP contribution in [0.1, 0.15) is 0 Å². The molecule has 50 heavy (non-hydrogen) atoms. The number of hydrogen-bond donors (Lipinski definition) is 0. The highest BCUT2D eigenvalue weighted by molar-refractivity contribution is 6.10. The van der Waals surface area contributed by atoms with E-state index >= 15 is 0 Å². The molecule has 0 saturated heterocycles. The number of fused-ring (bicyclic) bond motifs is 3. The Balaban J connectivity index is 1.33. The summed E-state index contributed by atoms with van der Waals surface area (Å²) in [6, 6.07) is 58.5. The molecular weight excluding hydrogens is 616 g/mol. The summed E-state index contributed by atoms with van der Waals surface area (Å²) in [4.78, 5) is 15.0. The predicted octanol–water partition coefficient (Wildman–Crippen LogP) is 11.4. The molecule has 0 aliphatic heterocycles. The Kier molecular flexibility index (Phi) is 7.29. The molecule has 9 aromatic rings. The van der Waals surface area contributed by atoms with Crippen LogP contribution in [0, 0.1) is 5.82 Å². The molecule has 4 nitrogen and oxygen atoms in total. The zero-order valence-corrected chi connectivity index (χ0v) is 26.9. The number of para-hydroxylation sites is 1. The molecule has 5 heteroatoms. The fraction of sp³-hybridized carbons (Fsp3) is 0. The second-order valence-corrected chi connectivity index (χ2v) is 12.2. The van der Waals surface area contributed by atoms with E-state index in [9.17, 15) is 4.39 Å². The Morgan fingerprint density at radius 3 is 1.50 bits per heavy atom. The topological polar surface area (TPSA) is 43.6 Å². The molecule has 0 saturated carbocycles. The SMILES string of the molecule is Fc1ccc(-c2ccc(-c3nc(-c4ccccc4)nc(-c4ccccc4)n3)cc2-n2c3ccccc3c3ccc(-c4ccccc4)cc32)cc1. The van der Waals surface area contributed by atoms with Gasteiger partial charge in [-0.25, -0.2) is 19.3 Å². The normalized spacial score (nSPS) is 11.3. The van der Waals surface area contributed by atoms with E-state index in [1.165, 1.54) is 12.1 Å². The number of hydrogen-bond acceptors (Lipinski definition) is 3. The van der Waals surface area contributed by atoms with Gasteiger partial charge < -0.3 is 4.57 Å². The van der Waals surface area contributed by atoms with Crippen LogP contribution in [0.3, 0.4) is 0 Å². The molecule has 0 atom stereocenters. The van der Waals surface area contributed by atoms with Crippen molar-refractivity contribution in [2.45, 2.75) is 0 Å². The average molecular weight is 645 g/mol. The van der Waals surface area contributed by atoms with Crippen molar-refractivity contribution in [3.05, 3.63) is 182 Å². The number of nitrogens with zero attached hydrogens (tertiary/aromatic N) is 4. The van der Waals surface area contributed by atoms with Gasteiger partial charge in [-0.1, -0.05) is 146 Å². The zero-order chi connectivity index (χ0) is 33.4. The van der Waals surface area contributed by atoms with Crippen LogP contribution in [0.4, 0.5) is 4.39 Å². The molecule has 0 bridgehead atoms. The first-order valence-electron chi connectivity index (χ1n) is 16.6. The second-order valence-electron chi connectivity index (χ2n) is 12.2. The van der Waals surface area contributed by atoms with Crippen molar-refractivity contribution in [3.8, 4) is 62.1 Å². The summed E-state index contributed by atoms with van der Waals surface area (Å²) in [7, 11) is 0. The van der Waals surface area contributed by atoms with Gasteiger partial charge in [0.15, 0.2) is 17.5 Å². The molecule has 0 spiro atoms. The monoisotopic (exact) mass is 644 g/mol. The lowest BCUT2D eigenvalue weighted by Gasteiger charge is -2.17. The standard InChI is InChI=1S/C45H29FN4/c46-36-24-20-31(21-25-36)37-26-23-35(45-48-43(32-14-6-2-7-15-32)47-44(49-45)33-16-8-3-9-17-33)29-41(37)50-40-19-11-10-18-38(40)39-27-22-34(28-42(39)50)30-12-4-1-5-13-30/h1-29H. The number of aromatic nitrogens is 4. The number of rotatable bonds is 6. The molecule has 0 unspecified atom stereocenters. The van der Waals surface area contributed by atoms with Crippen LogP contribution in [0.2, 0.25) is 0 Å². The van der Waals surface area contributed by atoms with Crippen LogP contribution in [0.25, 0.3) is 83.9 Å². The maximum Gasteiger partial charge on any atom is 0.164 e. The quantitative estimate of drug-likeness (QED) is 0.181. The third-order valence-electron chi connectivity index (χ3n) is 9.13. The minimum atomic E-state index is -0.275. The van der Waals surface area contributed by atoms with Gasteiger partial charge in [0.05, 0.1) is 16.7 Å². The molecule has 236 valence electrons. The fourth-order valence-electron chi connectivity index (χ4n) is 6.71. The Labute approximate surface area is 288 Å². The summed E-state index contributed by atoms with van der Waals surface area (Å²) in [5, 5.41) is 2.30. The molecule has 0 aliphatic rings.